The van der Waals surface area contributed by atoms with Crippen molar-refractivity contribution in [3.8, 4) is 17.4 Å². The monoisotopic (exact) mass is 593 g/mol. The Bertz CT molecular complexity index is 1520. The van der Waals surface area contributed by atoms with Gasteiger partial charge in [0.05, 0.1) is 29.8 Å². The van der Waals surface area contributed by atoms with E-state index in [0.29, 0.717) is 34.3 Å². The standard InChI is InChI=1S/C30H31N3O6S2/c1-4-23(41-28-30(36)39-32-33(28)20-12-14-21(37-3)15-13-20)26(34)31-27-25(29(35)38-5-2)22-16-11-19(17-24(22)40-27)18-9-7-6-8-10-18/h6-10,12-15,19,23H,4-5,11,16-17H2,1-3H3,(H-,31,32,34,35,36). The minimum Gasteiger partial charge on any atom is -0.538 e. The summed E-state index contributed by atoms with van der Waals surface area (Å²) in [7, 11) is 1.57. The van der Waals surface area contributed by atoms with Gasteiger partial charge in [0, 0.05) is 17.0 Å². The quantitative estimate of drug-likeness (QED) is 0.154. The maximum Gasteiger partial charge on any atom is 0.341 e. The Morgan fingerprint density at radius 3 is 2.63 bits per heavy atom. The van der Waals surface area contributed by atoms with E-state index in [1.807, 2.05) is 25.1 Å². The molecule has 41 heavy (non-hydrogen) atoms. The molecule has 0 aliphatic heterocycles. The van der Waals surface area contributed by atoms with Crippen molar-refractivity contribution in [1.29, 1.82) is 0 Å². The number of hydrogen-bond acceptors (Lipinski definition) is 9. The molecule has 0 spiro atoms. The lowest BCUT2D eigenvalue weighted by atomic mass is 9.83. The molecule has 4 aromatic rings. The van der Waals surface area contributed by atoms with Crippen LogP contribution in [0.15, 0.2) is 64.1 Å². The number of ether oxygens (including phenoxy) is 2. The first-order valence-electron chi connectivity index (χ1n) is 13.5. The van der Waals surface area contributed by atoms with Crippen LogP contribution in [0, 0.1) is 0 Å². The van der Waals surface area contributed by atoms with Crippen LogP contribution < -0.4 is 19.8 Å². The van der Waals surface area contributed by atoms with E-state index in [4.69, 9.17) is 14.0 Å². The lowest BCUT2D eigenvalue weighted by Gasteiger charge is -2.23. The van der Waals surface area contributed by atoms with Crippen molar-refractivity contribution < 1.29 is 33.4 Å². The summed E-state index contributed by atoms with van der Waals surface area (Å²) in [5, 5.41) is 19.5. The van der Waals surface area contributed by atoms with E-state index >= 15 is 0 Å². The van der Waals surface area contributed by atoms with Gasteiger partial charge < -0.3 is 24.4 Å². The molecule has 1 aliphatic rings. The Labute approximate surface area is 246 Å². The van der Waals surface area contributed by atoms with Crippen LogP contribution in [0.4, 0.5) is 5.00 Å². The van der Waals surface area contributed by atoms with Crippen LogP contribution in [0.3, 0.4) is 0 Å². The van der Waals surface area contributed by atoms with Gasteiger partial charge in [-0.2, -0.15) is 0 Å². The van der Waals surface area contributed by atoms with E-state index < -0.39 is 17.2 Å². The minimum absolute atomic E-state index is 0.180. The molecule has 214 valence electrons. The molecular formula is C30H31N3O6S2. The fraction of sp³-hybridized carbons (Fsp3) is 0.333. The zero-order valence-electron chi connectivity index (χ0n) is 23.0. The summed E-state index contributed by atoms with van der Waals surface area (Å²) >= 11 is 2.51. The molecule has 2 unspecified atom stereocenters. The summed E-state index contributed by atoms with van der Waals surface area (Å²) < 4.78 is 16.9. The van der Waals surface area contributed by atoms with Crippen LogP contribution in [-0.2, 0) is 22.4 Å². The SMILES string of the molecule is CCOC(=O)c1c(NC(=O)C(CC)Sc2c([O-])on[n+]2-c2ccc(OC)cc2)sc2c1CCC(c1ccccc1)C2. The van der Waals surface area contributed by atoms with Crippen LogP contribution in [0.2, 0.25) is 0 Å². The molecule has 0 saturated carbocycles. The van der Waals surface area contributed by atoms with Crippen LogP contribution >= 0.6 is 23.1 Å². The molecule has 5 rings (SSSR count). The molecule has 2 heterocycles. The summed E-state index contributed by atoms with van der Waals surface area (Å²) in [6, 6.07) is 17.3. The number of aromatic nitrogens is 2. The fourth-order valence-corrected chi connectivity index (χ4v) is 7.27. The van der Waals surface area contributed by atoms with Crippen molar-refractivity contribution in [3.63, 3.8) is 0 Å². The van der Waals surface area contributed by atoms with Crippen LogP contribution in [-0.4, -0.2) is 36.1 Å². The number of thioether (sulfide) groups is 1. The van der Waals surface area contributed by atoms with Crippen LogP contribution in [0.1, 0.15) is 59.0 Å². The predicted octanol–water partition coefficient (Wildman–Crippen LogP) is 5.05. The Hall–Kier alpha value is -3.83. The number of rotatable bonds is 10. The summed E-state index contributed by atoms with van der Waals surface area (Å²) in [5.74, 6) is -0.382. The van der Waals surface area contributed by atoms with E-state index in [0.717, 1.165) is 41.5 Å². The van der Waals surface area contributed by atoms with Crippen LogP contribution in [0.5, 0.6) is 11.7 Å². The van der Waals surface area contributed by atoms with E-state index in [-0.39, 0.29) is 17.5 Å². The van der Waals surface area contributed by atoms with E-state index in [1.54, 1.807) is 38.3 Å². The molecule has 0 saturated heterocycles. The number of nitrogens with one attached hydrogen (secondary N) is 1. The van der Waals surface area contributed by atoms with Gasteiger partial charge in [-0.15, -0.1) is 11.3 Å². The van der Waals surface area contributed by atoms with Gasteiger partial charge >= 0.3 is 5.97 Å². The molecule has 2 aromatic heterocycles. The third-order valence-electron chi connectivity index (χ3n) is 7.06. The molecule has 0 fully saturated rings. The fourth-order valence-electron chi connectivity index (χ4n) is 4.98. The van der Waals surface area contributed by atoms with E-state index in [1.165, 1.54) is 21.6 Å². The number of esters is 1. The lowest BCUT2D eigenvalue weighted by molar-refractivity contribution is -0.705. The van der Waals surface area contributed by atoms with Crippen molar-refractivity contribution in [2.75, 3.05) is 19.0 Å². The van der Waals surface area contributed by atoms with Crippen molar-refractivity contribution in [2.24, 2.45) is 0 Å². The third kappa shape index (κ3) is 6.11. The van der Waals surface area contributed by atoms with Gasteiger partial charge in [0.25, 0.3) is 5.03 Å². The Kier molecular flexibility index (Phi) is 8.94. The third-order valence-corrected chi connectivity index (χ3v) is 9.62. The summed E-state index contributed by atoms with van der Waals surface area (Å²) in [5.41, 5.74) is 3.26. The Balaban J connectivity index is 1.39. The number of hydrogen-bond donors (Lipinski definition) is 1. The zero-order chi connectivity index (χ0) is 28.9. The highest BCUT2D eigenvalue weighted by atomic mass is 32.2. The number of anilines is 1. The Morgan fingerprint density at radius 1 is 1.20 bits per heavy atom. The second kappa shape index (κ2) is 12.8. The van der Waals surface area contributed by atoms with Gasteiger partial charge in [-0.05, 0) is 78.2 Å². The topological polar surface area (TPSA) is 118 Å². The van der Waals surface area contributed by atoms with Crippen LogP contribution in [0.25, 0.3) is 5.69 Å². The normalized spacial score (nSPS) is 15.1. The highest BCUT2D eigenvalue weighted by Crippen LogP contribution is 2.43. The van der Waals surface area contributed by atoms with E-state index in [9.17, 15) is 14.7 Å². The number of amides is 1. The second-order valence-electron chi connectivity index (χ2n) is 9.56. The highest BCUT2D eigenvalue weighted by Gasteiger charge is 2.33. The number of carbonyl (C=O) groups is 2. The van der Waals surface area contributed by atoms with Crippen molar-refractivity contribution in [3.05, 3.63) is 76.2 Å². The van der Waals surface area contributed by atoms with Gasteiger partial charge in [-0.1, -0.05) is 37.3 Å². The Morgan fingerprint density at radius 2 is 1.95 bits per heavy atom. The van der Waals surface area contributed by atoms with Gasteiger partial charge in [0.2, 0.25) is 11.6 Å². The first-order chi connectivity index (χ1) is 19.9. The lowest BCUT2D eigenvalue weighted by Crippen LogP contribution is -2.36. The van der Waals surface area contributed by atoms with Gasteiger partial charge in [-0.3, -0.25) is 4.79 Å². The first kappa shape index (κ1) is 28.7. The molecular weight excluding hydrogens is 562 g/mol. The van der Waals surface area contributed by atoms with Crippen molar-refractivity contribution in [1.82, 2.24) is 5.27 Å². The molecule has 9 nitrogen and oxygen atoms in total. The van der Waals surface area contributed by atoms with Gasteiger partial charge in [0.15, 0.2) is 5.95 Å². The number of carbonyl (C=O) groups excluding carboxylic acids is 2. The molecule has 2 aromatic carbocycles. The second-order valence-corrected chi connectivity index (χ2v) is 11.9. The number of methoxy groups -OCH3 is 1. The van der Waals surface area contributed by atoms with Crippen molar-refractivity contribution >= 4 is 40.0 Å². The molecule has 0 bridgehead atoms. The smallest absolute Gasteiger partial charge is 0.341 e. The maximum atomic E-state index is 13.6. The molecule has 2 atom stereocenters. The molecule has 11 heteroatoms. The summed E-state index contributed by atoms with van der Waals surface area (Å²) in [6.07, 6.45) is 2.86. The first-order valence-corrected chi connectivity index (χ1v) is 15.2. The summed E-state index contributed by atoms with van der Waals surface area (Å²) in [6.45, 7) is 3.87. The van der Waals surface area contributed by atoms with Crippen molar-refractivity contribution in [2.45, 2.75) is 55.7 Å². The number of thiophene rings is 1. The average molecular weight is 594 g/mol. The molecule has 0 radical (unpaired) electrons. The predicted molar refractivity (Wildman–Crippen MR) is 154 cm³/mol. The molecule has 1 aliphatic carbocycles. The summed E-state index contributed by atoms with van der Waals surface area (Å²) in [4.78, 5) is 27.7. The van der Waals surface area contributed by atoms with Gasteiger partial charge in [0.1, 0.15) is 10.8 Å². The number of nitrogens with zero attached hydrogens (tertiary/aromatic N) is 2. The average Bonchev–Trinajstić information content (AvgIpc) is 3.55. The van der Waals surface area contributed by atoms with E-state index in [2.05, 4.69) is 22.7 Å². The molecule has 1 amide bonds. The zero-order valence-corrected chi connectivity index (χ0v) is 24.7. The number of fused-ring (bicyclic) bond motifs is 1. The number of benzene rings is 2. The van der Waals surface area contributed by atoms with Gasteiger partial charge in [-0.25, -0.2) is 4.79 Å². The molecule has 1 N–H and O–H groups in total. The largest absolute Gasteiger partial charge is 0.538 e. The highest BCUT2D eigenvalue weighted by molar-refractivity contribution is 8.00. The minimum atomic E-state index is -0.641. The maximum absolute atomic E-state index is 13.6.